The SMILES string of the molecule is CCC1(C(=O)O)CCN(Cc2c(Cl)cccc2OC)C1. The molecule has 0 radical (unpaired) electrons. The molecule has 1 aromatic carbocycles. The van der Waals surface area contributed by atoms with Crippen LogP contribution in [-0.2, 0) is 11.3 Å². The Bertz CT molecular complexity index is 506. The van der Waals surface area contributed by atoms with Crippen LogP contribution in [0.15, 0.2) is 18.2 Å². The highest BCUT2D eigenvalue weighted by atomic mass is 35.5. The summed E-state index contributed by atoms with van der Waals surface area (Å²) in [5, 5.41) is 10.1. The number of likely N-dealkylation sites (tertiary alicyclic amines) is 1. The first-order valence-electron chi connectivity index (χ1n) is 6.79. The molecule has 1 heterocycles. The number of nitrogens with zero attached hydrogens (tertiary/aromatic N) is 1. The minimum absolute atomic E-state index is 0.563. The van der Waals surface area contributed by atoms with E-state index in [0.29, 0.717) is 31.0 Å². The van der Waals surface area contributed by atoms with E-state index in [4.69, 9.17) is 16.3 Å². The Morgan fingerprint density at radius 2 is 2.30 bits per heavy atom. The molecular formula is C15H20ClNO3. The Morgan fingerprint density at radius 3 is 2.85 bits per heavy atom. The van der Waals surface area contributed by atoms with Crippen LogP contribution < -0.4 is 4.74 Å². The molecule has 1 fully saturated rings. The van der Waals surface area contributed by atoms with E-state index in [9.17, 15) is 9.90 Å². The Hall–Kier alpha value is -1.26. The van der Waals surface area contributed by atoms with E-state index < -0.39 is 11.4 Å². The van der Waals surface area contributed by atoms with Gasteiger partial charge >= 0.3 is 5.97 Å². The zero-order valence-electron chi connectivity index (χ0n) is 11.9. The van der Waals surface area contributed by atoms with Crippen molar-refractivity contribution in [1.82, 2.24) is 4.90 Å². The number of carboxylic acid groups (broad SMARTS) is 1. The summed E-state index contributed by atoms with van der Waals surface area (Å²) in [6.07, 6.45) is 1.34. The maximum Gasteiger partial charge on any atom is 0.310 e. The molecule has 2 rings (SSSR count). The van der Waals surface area contributed by atoms with Crippen LogP contribution in [0.25, 0.3) is 0 Å². The summed E-state index contributed by atoms with van der Waals surface area (Å²) in [5.41, 5.74) is 0.308. The standard InChI is InChI=1S/C15H20ClNO3/c1-3-15(14(18)19)7-8-17(10-15)9-11-12(16)5-4-6-13(11)20-2/h4-6H,3,7-10H2,1-2H3,(H,18,19). The summed E-state index contributed by atoms with van der Waals surface area (Å²) in [6, 6.07) is 5.56. The molecule has 1 unspecified atom stereocenters. The van der Waals surface area contributed by atoms with Crippen LogP contribution in [0.2, 0.25) is 5.02 Å². The molecule has 4 nitrogen and oxygen atoms in total. The third-order valence-electron chi connectivity index (χ3n) is 4.24. The van der Waals surface area contributed by atoms with Gasteiger partial charge in [-0.25, -0.2) is 0 Å². The fourth-order valence-electron chi connectivity index (χ4n) is 2.81. The average molecular weight is 298 g/mol. The molecule has 0 bridgehead atoms. The van der Waals surface area contributed by atoms with E-state index in [-0.39, 0.29) is 0 Å². The molecule has 5 heteroatoms. The number of carboxylic acids is 1. The summed E-state index contributed by atoms with van der Waals surface area (Å²) in [4.78, 5) is 13.6. The minimum Gasteiger partial charge on any atom is -0.496 e. The van der Waals surface area contributed by atoms with Gasteiger partial charge in [0, 0.05) is 23.7 Å². The number of rotatable bonds is 5. The number of carbonyl (C=O) groups is 1. The Labute approximate surface area is 124 Å². The van der Waals surface area contributed by atoms with Gasteiger partial charge in [-0.05, 0) is 31.5 Å². The van der Waals surface area contributed by atoms with Gasteiger partial charge in [-0.1, -0.05) is 24.6 Å². The third kappa shape index (κ3) is 2.76. The zero-order chi connectivity index (χ0) is 14.8. The molecule has 0 amide bonds. The number of aliphatic carboxylic acids is 1. The molecule has 1 aliphatic heterocycles. The first-order valence-corrected chi connectivity index (χ1v) is 7.17. The summed E-state index contributed by atoms with van der Waals surface area (Å²) < 4.78 is 5.33. The largest absolute Gasteiger partial charge is 0.496 e. The van der Waals surface area contributed by atoms with Crippen LogP contribution in [0.1, 0.15) is 25.3 Å². The van der Waals surface area contributed by atoms with Gasteiger partial charge < -0.3 is 9.84 Å². The molecule has 0 saturated carbocycles. The third-order valence-corrected chi connectivity index (χ3v) is 4.59. The number of hydrogen-bond donors (Lipinski definition) is 1. The first kappa shape index (κ1) is 15.1. The van der Waals surface area contributed by atoms with Gasteiger partial charge in [0.15, 0.2) is 0 Å². The lowest BCUT2D eigenvalue weighted by Gasteiger charge is -2.23. The molecule has 110 valence electrons. The van der Waals surface area contributed by atoms with E-state index in [2.05, 4.69) is 4.90 Å². The van der Waals surface area contributed by atoms with Gasteiger partial charge in [-0.15, -0.1) is 0 Å². The average Bonchev–Trinajstić information content (AvgIpc) is 2.86. The van der Waals surface area contributed by atoms with Crippen molar-refractivity contribution in [3.05, 3.63) is 28.8 Å². The van der Waals surface area contributed by atoms with Gasteiger partial charge in [0.05, 0.1) is 12.5 Å². The van der Waals surface area contributed by atoms with Crippen LogP contribution in [0, 0.1) is 5.41 Å². The lowest BCUT2D eigenvalue weighted by atomic mass is 9.84. The van der Waals surface area contributed by atoms with Crippen LogP contribution >= 0.6 is 11.6 Å². The molecule has 0 spiro atoms. The number of benzene rings is 1. The fraction of sp³-hybridized carbons (Fsp3) is 0.533. The van der Waals surface area contributed by atoms with E-state index in [0.717, 1.165) is 17.9 Å². The molecule has 1 saturated heterocycles. The summed E-state index contributed by atoms with van der Waals surface area (Å²) in [5.74, 6) is 0.0513. The second kappa shape index (κ2) is 6.02. The summed E-state index contributed by atoms with van der Waals surface area (Å²) >= 11 is 6.23. The smallest absolute Gasteiger partial charge is 0.310 e. The molecule has 0 aromatic heterocycles. The quantitative estimate of drug-likeness (QED) is 0.907. The van der Waals surface area contributed by atoms with Crippen molar-refractivity contribution in [2.75, 3.05) is 20.2 Å². The lowest BCUT2D eigenvalue weighted by Crippen LogP contribution is -2.34. The van der Waals surface area contributed by atoms with Crippen molar-refractivity contribution in [2.45, 2.75) is 26.3 Å². The normalized spacial score (nSPS) is 22.9. The monoisotopic (exact) mass is 297 g/mol. The van der Waals surface area contributed by atoms with Crippen molar-refractivity contribution in [1.29, 1.82) is 0 Å². The topological polar surface area (TPSA) is 49.8 Å². The maximum atomic E-state index is 11.5. The molecule has 1 atom stereocenters. The van der Waals surface area contributed by atoms with Gasteiger partial charge in [0.25, 0.3) is 0 Å². The number of ether oxygens (including phenoxy) is 1. The molecule has 1 aliphatic rings. The summed E-state index contributed by atoms with van der Waals surface area (Å²) in [7, 11) is 1.62. The van der Waals surface area contributed by atoms with Gasteiger partial charge in [0.1, 0.15) is 5.75 Å². The molecular weight excluding hydrogens is 278 g/mol. The van der Waals surface area contributed by atoms with Gasteiger partial charge in [-0.2, -0.15) is 0 Å². The zero-order valence-corrected chi connectivity index (χ0v) is 12.6. The maximum absolute atomic E-state index is 11.5. The highest BCUT2D eigenvalue weighted by molar-refractivity contribution is 6.31. The van der Waals surface area contributed by atoms with E-state index in [1.165, 1.54) is 0 Å². The first-order chi connectivity index (χ1) is 9.52. The Balaban J connectivity index is 2.15. The van der Waals surface area contributed by atoms with Gasteiger partial charge in [0.2, 0.25) is 0 Å². The second-order valence-electron chi connectivity index (χ2n) is 5.32. The molecule has 0 aliphatic carbocycles. The van der Waals surface area contributed by atoms with Crippen LogP contribution in [0.3, 0.4) is 0 Å². The summed E-state index contributed by atoms with van der Waals surface area (Å²) in [6.45, 7) is 3.90. The second-order valence-corrected chi connectivity index (χ2v) is 5.73. The predicted molar refractivity (Wildman–Crippen MR) is 78.3 cm³/mol. The van der Waals surface area contributed by atoms with E-state index >= 15 is 0 Å². The minimum atomic E-state index is -0.700. The highest BCUT2D eigenvalue weighted by Gasteiger charge is 2.43. The van der Waals surface area contributed by atoms with Crippen LogP contribution in [0.5, 0.6) is 5.75 Å². The lowest BCUT2D eigenvalue weighted by molar-refractivity contribution is -0.148. The Morgan fingerprint density at radius 1 is 1.55 bits per heavy atom. The predicted octanol–water partition coefficient (Wildman–Crippen LogP) is 3.04. The number of halogens is 1. The highest BCUT2D eigenvalue weighted by Crippen LogP contribution is 2.36. The van der Waals surface area contributed by atoms with Gasteiger partial charge in [-0.3, -0.25) is 9.69 Å². The van der Waals surface area contributed by atoms with Crippen molar-refractivity contribution < 1.29 is 14.6 Å². The van der Waals surface area contributed by atoms with E-state index in [1.807, 2.05) is 25.1 Å². The molecule has 1 aromatic rings. The molecule has 20 heavy (non-hydrogen) atoms. The van der Waals surface area contributed by atoms with Crippen LogP contribution in [-0.4, -0.2) is 36.2 Å². The van der Waals surface area contributed by atoms with Crippen LogP contribution in [0.4, 0.5) is 0 Å². The fourth-order valence-corrected chi connectivity index (χ4v) is 3.04. The molecule has 1 N–H and O–H groups in total. The van der Waals surface area contributed by atoms with Crippen molar-refractivity contribution in [2.24, 2.45) is 5.41 Å². The van der Waals surface area contributed by atoms with Crippen molar-refractivity contribution in [3.8, 4) is 5.75 Å². The van der Waals surface area contributed by atoms with E-state index in [1.54, 1.807) is 7.11 Å². The van der Waals surface area contributed by atoms with Crippen molar-refractivity contribution >= 4 is 17.6 Å². The number of hydrogen-bond acceptors (Lipinski definition) is 3. The number of methoxy groups -OCH3 is 1. The Kier molecular flexibility index (Phi) is 4.55. The van der Waals surface area contributed by atoms with Crippen molar-refractivity contribution in [3.63, 3.8) is 0 Å².